The summed E-state index contributed by atoms with van der Waals surface area (Å²) < 4.78 is 0. The molecule has 0 aliphatic carbocycles. The predicted octanol–water partition coefficient (Wildman–Crippen LogP) is 2.88. The Bertz CT molecular complexity index is 349. The molecule has 1 aromatic carbocycles. The lowest BCUT2D eigenvalue weighted by Crippen LogP contribution is -2.39. The second-order valence-electron chi connectivity index (χ2n) is 4.77. The SMILES string of the molecule is C=CCN(CC=C)[C@H](CCNC)Cc1ccccc1. The molecule has 0 fully saturated rings. The van der Waals surface area contributed by atoms with Gasteiger partial charge in [-0.2, -0.15) is 0 Å². The number of hydrogen-bond donors (Lipinski definition) is 1. The molecule has 0 spiro atoms. The van der Waals surface area contributed by atoms with Gasteiger partial charge < -0.3 is 5.32 Å². The average Bonchev–Trinajstić information content (AvgIpc) is 2.44. The largest absolute Gasteiger partial charge is 0.320 e. The van der Waals surface area contributed by atoms with E-state index in [1.54, 1.807) is 0 Å². The van der Waals surface area contributed by atoms with Gasteiger partial charge in [-0.1, -0.05) is 42.5 Å². The molecule has 1 aromatic rings. The first-order valence-electron chi connectivity index (χ1n) is 6.96. The molecule has 0 aliphatic heterocycles. The fourth-order valence-electron chi connectivity index (χ4n) is 2.32. The fourth-order valence-corrected chi connectivity index (χ4v) is 2.32. The van der Waals surface area contributed by atoms with Gasteiger partial charge in [0.1, 0.15) is 0 Å². The maximum Gasteiger partial charge on any atom is 0.0166 e. The van der Waals surface area contributed by atoms with Crippen LogP contribution in [0.5, 0.6) is 0 Å². The molecule has 1 atom stereocenters. The summed E-state index contributed by atoms with van der Waals surface area (Å²) in [6.07, 6.45) is 6.15. The van der Waals surface area contributed by atoms with E-state index in [4.69, 9.17) is 0 Å². The lowest BCUT2D eigenvalue weighted by atomic mass is 10.0. The summed E-state index contributed by atoms with van der Waals surface area (Å²) in [5, 5.41) is 3.24. The van der Waals surface area contributed by atoms with Gasteiger partial charge in [0.15, 0.2) is 0 Å². The summed E-state index contributed by atoms with van der Waals surface area (Å²) in [5.74, 6) is 0. The maximum absolute atomic E-state index is 3.86. The monoisotopic (exact) mass is 258 g/mol. The van der Waals surface area contributed by atoms with Crippen LogP contribution in [0.25, 0.3) is 0 Å². The van der Waals surface area contributed by atoms with Crippen molar-refractivity contribution < 1.29 is 0 Å². The summed E-state index contributed by atoms with van der Waals surface area (Å²) in [4.78, 5) is 2.43. The van der Waals surface area contributed by atoms with Crippen molar-refractivity contribution in [1.82, 2.24) is 10.2 Å². The summed E-state index contributed by atoms with van der Waals surface area (Å²) in [5.41, 5.74) is 1.39. The Balaban J connectivity index is 2.73. The number of nitrogens with one attached hydrogen (secondary N) is 1. The van der Waals surface area contributed by atoms with Crippen LogP contribution < -0.4 is 5.32 Å². The molecule has 0 heterocycles. The molecule has 0 unspecified atom stereocenters. The second kappa shape index (κ2) is 9.54. The Morgan fingerprint density at radius 2 is 1.79 bits per heavy atom. The standard InChI is InChI=1S/C17H26N2/c1-4-13-19(14-5-2)17(11-12-18-3)15-16-9-7-6-8-10-16/h4-10,17-18H,1-2,11-15H2,3H3/t17-/m1/s1. The van der Waals surface area contributed by atoms with Crippen molar-refractivity contribution in [2.45, 2.75) is 18.9 Å². The Kier molecular flexibility index (Phi) is 7.87. The smallest absolute Gasteiger partial charge is 0.0166 e. The van der Waals surface area contributed by atoms with E-state index in [-0.39, 0.29) is 0 Å². The lowest BCUT2D eigenvalue weighted by molar-refractivity contribution is 0.226. The molecule has 0 bridgehead atoms. The van der Waals surface area contributed by atoms with E-state index in [0.29, 0.717) is 6.04 Å². The van der Waals surface area contributed by atoms with E-state index in [1.807, 2.05) is 19.2 Å². The van der Waals surface area contributed by atoms with Crippen molar-refractivity contribution in [1.29, 1.82) is 0 Å². The van der Waals surface area contributed by atoms with Crippen LogP contribution in [0.3, 0.4) is 0 Å². The van der Waals surface area contributed by atoms with Gasteiger partial charge in [0.05, 0.1) is 0 Å². The number of rotatable bonds is 10. The van der Waals surface area contributed by atoms with Crippen LogP contribution in [0.1, 0.15) is 12.0 Å². The van der Waals surface area contributed by atoms with Gasteiger partial charge in [-0.15, -0.1) is 13.2 Å². The molecule has 1 N–H and O–H groups in total. The Hall–Kier alpha value is -1.38. The van der Waals surface area contributed by atoms with E-state index >= 15 is 0 Å². The predicted molar refractivity (Wildman–Crippen MR) is 84.4 cm³/mol. The van der Waals surface area contributed by atoms with Crippen LogP contribution in [-0.2, 0) is 6.42 Å². The van der Waals surface area contributed by atoms with Crippen molar-refractivity contribution in [2.75, 3.05) is 26.7 Å². The lowest BCUT2D eigenvalue weighted by Gasteiger charge is -2.30. The topological polar surface area (TPSA) is 15.3 Å². The fraction of sp³-hybridized carbons (Fsp3) is 0.412. The first-order valence-corrected chi connectivity index (χ1v) is 6.96. The molecule has 0 saturated heterocycles. The first-order chi connectivity index (χ1) is 9.31. The Morgan fingerprint density at radius 1 is 1.16 bits per heavy atom. The zero-order valence-electron chi connectivity index (χ0n) is 12.0. The zero-order valence-corrected chi connectivity index (χ0v) is 12.0. The normalized spacial score (nSPS) is 12.3. The molecule has 0 aliphatic rings. The first kappa shape index (κ1) is 15.7. The van der Waals surface area contributed by atoms with Crippen LogP contribution in [0, 0.1) is 0 Å². The quantitative estimate of drug-likeness (QED) is 0.649. The molecule has 0 radical (unpaired) electrons. The molecule has 19 heavy (non-hydrogen) atoms. The minimum absolute atomic E-state index is 0.519. The summed E-state index contributed by atoms with van der Waals surface area (Å²) in [7, 11) is 2.00. The van der Waals surface area contributed by atoms with Crippen molar-refractivity contribution in [3.63, 3.8) is 0 Å². The summed E-state index contributed by atoms with van der Waals surface area (Å²) in [6, 6.07) is 11.2. The van der Waals surface area contributed by atoms with Crippen LogP contribution in [0.2, 0.25) is 0 Å². The maximum atomic E-state index is 3.86. The molecular formula is C17H26N2. The van der Waals surface area contributed by atoms with Crippen molar-refractivity contribution in [3.05, 3.63) is 61.2 Å². The van der Waals surface area contributed by atoms with Crippen molar-refractivity contribution >= 4 is 0 Å². The van der Waals surface area contributed by atoms with Gasteiger partial charge in [0.25, 0.3) is 0 Å². The minimum Gasteiger partial charge on any atom is -0.320 e. The third kappa shape index (κ3) is 5.86. The highest BCUT2D eigenvalue weighted by Gasteiger charge is 2.16. The third-order valence-electron chi connectivity index (χ3n) is 3.29. The molecule has 104 valence electrons. The van der Waals surface area contributed by atoms with E-state index in [0.717, 1.165) is 32.5 Å². The Labute approximate surface area is 117 Å². The van der Waals surface area contributed by atoms with Gasteiger partial charge in [-0.3, -0.25) is 4.90 Å². The minimum atomic E-state index is 0.519. The number of benzene rings is 1. The highest BCUT2D eigenvalue weighted by atomic mass is 15.1. The zero-order chi connectivity index (χ0) is 13.9. The molecule has 0 aromatic heterocycles. The van der Waals surface area contributed by atoms with Gasteiger partial charge in [0.2, 0.25) is 0 Å². The summed E-state index contributed by atoms with van der Waals surface area (Å²) in [6.45, 7) is 10.6. The van der Waals surface area contributed by atoms with Crippen LogP contribution in [-0.4, -0.2) is 37.6 Å². The van der Waals surface area contributed by atoms with Crippen LogP contribution in [0.15, 0.2) is 55.6 Å². The molecule has 2 heteroatoms. The number of hydrogen-bond acceptors (Lipinski definition) is 2. The molecule has 2 nitrogen and oxygen atoms in total. The van der Waals surface area contributed by atoms with E-state index < -0.39 is 0 Å². The highest BCUT2D eigenvalue weighted by Crippen LogP contribution is 2.12. The van der Waals surface area contributed by atoms with Crippen molar-refractivity contribution in [2.24, 2.45) is 0 Å². The second-order valence-corrected chi connectivity index (χ2v) is 4.77. The van der Waals surface area contributed by atoms with Crippen LogP contribution >= 0.6 is 0 Å². The van der Waals surface area contributed by atoms with Gasteiger partial charge in [-0.25, -0.2) is 0 Å². The summed E-state index contributed by atoms with van der Waals surface area (Å²) >= 11 is 0. The highest BCUT2D eigenvalue weighted by molar-refractivity contribution is 5.16. The third-order valence-corrected chi connectivity index (χ3v) is 3.29. The van der Waals surface area contributed by atoms with Crippen molar-refractivity contribution in [3.8, 4) is 0 Å². The molecule has 1 rings (SSSR count). The van der Waals surface area contributed by atoms with Gasteiger partial charge in [0, 0.05) is 19.1 Å². The van der Waals surface area contributed by atoms with Gasteiger partial charge >= 0.3 is 0 Å². The van der Waals surface area contributed by atoms with E-state index in [9.17, 15) is 0 Å². The average molecular weight is 258 g/mol. The van der Waals surface area contributed by atoms with Gasteiger partial charge in [-0.05, 0) is 32.0 Å². The van der Waals surface area contributed by atoms with Crippen LogP contribution in [0.4, 0.5) is 0 Å². The molecular weight excluding hydrogens is 232 g/mol. The molecule has 0 amide bonds. The number of nitrogens with zero attached hydrogens (tertiary/aromatic N) is 1. The molecule has 0 saturated carbocycles. The van der Waals surface area contributed by atoms with E-state index in [1.165, 1.54) is 5.56 Å². The Morgan fingerprint density at radius 3 is 2.32 bits per heavy atom. The van der Waals surface area contributed by atoms with E-state index in [2.05, 4.69) is 53.7 Å².